The number of aryl methyl sites for hydroxylation is 2. The molecule has 4 rings (SSSR count). The van der Waals surface area contributed by atoms with E-state index in [-0.39, 0.29) is 0 Å². The molecule has 0 amide bonds. The van der Waals surface area contributed by atoms with Gasteiger partial charge in [-0.2, -0.15) is 0 Å². The summed E-state index contributed by atoms with van der Waals surface area (Å²) < 4.78 is 3.41. The van der Waals surface area contributed by atoms with Gasteiger partial charge in [-0.05, 0) is 51.2 Å². The number of nitrogens with zero attached hydrogens (tertiary/aromatic N) is 2. The van der Waals surface area contributed by atoms with Gasteiger partial charge >= 0.3 is 0 Å². The molecule has 0 fully saturated rings. The van der Waals surface area contributed by atoms with Crippen LogP contribution in [-0.4, -0.2) is 4.98 Å². The second kappa shape index (κ2) is 5.67. The molecule has 0 spiro atoms. The first-order valence-corrected chi connectivity index (χ1v) is 9.20. The molecule has 0 atom stereocenters. The lowest BCUT2D eigenvalue weighted by Crippen LogP contribution is -2.31. The van der Waals surface area contributed by atoms with Crippen molar-refractivity contribution in [2.75, 3.05) is 0 Å². The van der Waals surface area contributed by atoms with Gasteiger partial charge in [-0.15, -0.1) is 11.3 Å². The molecule has 0 N–H and O–H groups in total. The Morgan fingerprint density at radius 2 is 1.83 bits per heavy atom. The molecular weight excluding hydrogens is 312 g/mol. The second-order valence-corrected chi connectivity index (χ2v) is 7.59. The molecule has 0 aliphatic heterocycles. The Morgan fingerprint density at radius 1 is 1.08 bits per heavy atom. The molecule has 4 aromatic rings. The van der Waals surface area contributed by atoms with Crippen LogP contribution in [0.3, 0.4) is 0 Å². The summed E-state index contributed by atoms with van der Waals surface area (Å²) in [6.45, 7) is 6.78. The largest absolute Gasteiger partial charge is 0.287 e. The molecule has 0 saturated carbocycles. The Balaban J connectivity index is 2.15. The summed E-state index contributed by atoms with van der Waals surface area (Å²) in [4.78, 5) is 4.55. The van der Waals surface area contributed by atoms with Crippen molar-refractivity contribution in [2.45, 2.75) is 26.7 Å². The summed E-state index contributed by atoms with van der Waals surface area (Å²) in [5.41, 5.74) is 6.40. The van der Waals surface area contributed by atoms with Crippen molar-refractivity contribution >= 4 is 32.3 Å². The molecule has 3 heteroatoms. The summed E-state index contributed by atoms with van der Waals surface area (Å²) in [6.07, 6.45) is 1.92. The number of fused-ring (bicyclic) bond motifs is 2. The van der Waals surface area contributed by atoms with Gasteiger partial charge < -0.3 is 0 Å². The van der Waals surface area contributed by atoms with Crippen LogP contribution < -0.4 is 4.57 Å². The first kappa shape index (κ1) is 15.3. The standard InChI is InChI=1S/C21H21N2S/c1-13(2)17-11-18(14(3)15-7-5-6-8-16(15)17)20-21-19(9-10-24-21)22-12-23(20)4/h5-13H,1-4H3/q+1. The van der Waals surface area contributed by atoms with Crippen LogP contribution in [0.4, 0.5) is 0 Å². The maximum absolute atomic E-state index is 4.55. The highest BCUT2D eigenvalue weighted by molar-refractivity contribution is 7.17. The van der Waals surface area contributed by atoms with E-state index in [0.29, 0.717) is 5.92 Å². The van der Waals surface area contributed by atoms with Crippen molar-refractivity contribution in [3.63, 3.8) is 0 Å². The van der Waals surface area contributed by atoms with E-state index < -0.39 is 0 Å². The zero-order valence-corrected chi connectivity index (χ0v) is 15.3. The molecular formula is C21H21N2S+. The molecule has 0 aliphatic rings. The average Bonchev–Trinajstić information content (AvgIpc) is 3.04. The first-order chi connectivity index (χ1) is 11.6. The molecule has 0 aliphatic carbocycles. The van der Waals surface area contributed by atoms with Gasteiger partial charge in [-0.1, -0.05) is 38.1 Å². The van der Waals surface area contributed by atoms with Gasteiger partial charge in [0.2, 0.25) is 0 Å². The monoisotopic (exact) mass is 333 g/mol. The molecule has 0 bridgehead atoms. The second-order valence-electron chi connectivity index (χ2n) is 6.68. The third-order valence-corrected chi connectivity index (χ3v) is 5.72. The smallest absolute Gasteiger partial charge is 0.231 e. The van der Waals surface area contributed by atoms with Crippen molar-refractivity contribution < 1.29 is 4.57 Å². The minimum absolute atomic E-state index is 0.486. The highest BCUT2D eigenvalue weighted by Gasteiger charge is 2.20. The Kier molecular flexibility index (Phi) is 3.61. The fourth-order valence-corrected chi connectivity index (χ4v) is 4.47. The van der Waals surface area contributed by atoms with Crippen molar-refractivity contribution in [3.05, 3.63) is 59.2 Å². The predicted molar refractivity (Wildman–Crippen MR) is 103 cm³/mol. The minimum atomic E-state index is 0.486. The number of hydrogen-bond donors (Lipinski definition) is 0. The Bertz CT molecular complexity index is 1060. The third-order valence-electron chi connectivity index (χ3n) is 4.81. The Labute approximate surface area is 146 Å². The van der Waals surface area contributed by atoms with Crippen molar-refractivity contribution in [1.29, 1.82) is 0 Å². The van der Waals surface area contributed by atoms with E-state index in [1.54, 1.807) is 11.3 Å². The number of aromatic nitrogens is 2. The molecule has 2 heterocycles. The van der Waals surface area contributed by atoms with Crippen LogP contribution in [0.25, 0.3) is 32.2 Å². The minimum Gasteiger partial charge on any atom is -0.231 e. The van der Waals surface area contributed by atoms with Crippen molar-refractivity contribution in [3.8, 4) is 11.3 Å². The van der Waals surface area contributed by atoms with Crippen LogP contribution in [0.15, 0.2) is 48.1 Å². The number of benzene rings is 2. The topological polar surface area (TPSA) is 16.8 Å². The van der Waals surface area contributed by atoms with Crippen LogP contribution in [0.5, 0.6) is 0 Å². The molecule has 2 aromatic heterocycles. The van der Waals surface area contributed by atoms with Gasteiger partial charge in [0.05, 0.1) is 7.05 Å². The summed E-state index contributed by atoms with van der Waals surface area (Å²) in [7, 11) is 2.09. The molecule has 120 valence electrons. The van der Waals surface area contributed by atoms with Crippen molar-refractivity contribution in [2.24, 2.45) is 7.05 Å². The molecule has 0 saturated heterocycles. The highest BCUT2D eigenvalue weighted by atomic mass is 32.1. The fraction of sp³-hybridized carbons (Fsp3) is 0.238. The van der Waals surface area contributed by atoms with Crippen molar-refractivity contribution in [1.82, 2.24) is 4.98 Å². The molecule has 0 unspecified atom stereocenters. The maximum atomic E-state index is 4.55. The number of thiophene rings is 1. The Morgan fingerprint density at radius 3 is 2.58 bits per heavy atom. The van der Waals surface area contributed by atoms with E-state index in [0.717, 1.165) is 5.52 Å². The SMILES string of the molecule is Cc1c(-c2c3sccc3nc[n+]2C)cc(C(C)C)c2ccccc12. The van der Waals surface area contributed by atoms with E-state index in [9.17, 15) is 0 Å². The average molecular weight is 333 g/mol. The van der Waals surface area contributed by atoms with Crippen LogP contribution in [0.1, 0.15) is 30.9 Å². The lowest BCUT2D eigenvalue weighted by molar-refractivity contribution is -0.662. The lowest BCUT2D eigenvalue weighted by atomic mass is 9.89. The van der Waals surface area contributed by atoms with E-state index in [2.05, 4.69) is 79.1 Å². The molecule has 2 nitrogen and oxygen atoms in total. The number of rotatable bonds is 2. The van der Waals surface area contributed by atoms with Crippen LogP contribution in [-0.2, 0) is 7.05 Å². The third kappa shape index (κ3) is 2.23. The highest BCUT2D eigenvalue weighted by Crippen LogP contribution is 2.37. The quantitative estimate of drug-likeness (QED) is 0.450. The Hall–Kier alpha value is -2.26. The summed E-state index contributed by atoms with van der Waals surface area (Å²) in [6, 6.07) is 13.2. The van der Waals surface area contributed by atoms with Gasteiger partial charge in [0.15, 0.2) is 11.2 Å². The zero-order chi connectivity index (χ0) is 16.8. The maximum Gasteiger partial charge on any atom is 0.287 e. The molecule has 24 heavy (non-hydrogen) atoms. The van der Waals surface area contributed by atoms with Gasteiger partial charge in [0.1, 0.15) is 4.70 Å². The summed E-state index contributed by atoms with van der Waals surface area (Å²) >= 11 is 1.77. The summed E-state index contributed by atoms with van der Waals surface area (Å²) in [5.74, 6) is 0.486. The van der Waals surface area contributed by atoms with E-state index in [4.69, 9.17) is 0 Å². The first-order valence-electron chi connectivity index (χ1n) is 8.32. The van der Waals surface area contributed by atoms with E-state index in [1.807, 2.05) is 6.33 Å². The van der Waals surface area contributed by atoms with Crippen LogP contribution in [0, 0.1) is 6.92 Å². The fourth-order valence-electron chi connectivity index (χ4n) is 3.53. The number of hydrogen-bond acceptors (Lipinski definition) is 2. The van der Waals surface area contributed by atoms with Gasteiger partial charge in [0, 0.05) is 11.6 Å². The van der Waals surface area contributed by atoms with Gasteiger partial charge in [-0.3, -0.25) is 0 Å². The summed E-state index contributed by atoms with van der Waals surface area (Å²) in [5, 5.41) is 4.84. The predicted octanol–water partition coefficient (Wildman–Crippen LogP) is 5.37. The lowest BCUT2D eigenvalue weighted by Gasteiger charge is -2.16. The zero-order valence-electron chi connectivity index (χ0n) is 14.5. The molecule has 2 aromatic carbocycles. The van der Waals surface area contributed by atoms with E-state index >= 15 is 0 Å². The normalized spacial score (nSPS) is 11.7. The van der Waals surface area contributed by atoms with E-state index in [1.165, 1.54) is 37.9 Å². The van der Waals surface area contributed by atoms with Gasteiger partial charge in [0.25, 0.3) is 6.33 Å². The molecule has 0 radical (unpaired) electrons. The van der Waals surface area contributed by atoms with Crippen LogP contribution in [0.2, 0.25) is 0 Å². The van der Waals surface area contributed by atoms with Crippen LogP contribution >= 0.6 is 11.3 Å². The van der Waals surface area contributed by atoms with Gasteiger partial charge in [-0.25, -0.2) is 4.57 Å².